The lowest BCUT2D eigenvalue weighted by atomic mass is 9.72. The SMILES string of the molecule is CCCCCC(C#N)(C#N)C(CCl)c1ccc(OC(F)(F)F)cc1. The normalized spacial score (nSPS) is 13.0. The van der Waals surface area contributed by atoms with Gasteiger partial charge in [-0.05, 0) is 24.1 Å². The standard InChI is InChI=1S/C17H18ClF3N2O/c1-2-3-4-9-16(11-22,12-23)15(10-18)13-5-7-14(8-6-13)24-17(19,20)21/h5-8,15H,2-4,9-10H2,1H3. The second kappa shape index (κ2) is 8.80. The number of nitriles is 2. The van der Waals surface area contributed by atoms with Crippen LogP contribution < -0.4 is 4.74 Å². The van der Waals surface area contributed by atoms with Gasteiger partial charge in [0, 0.05) is 11.8 Å². The van der Waals surface area contributed by atoms with Crippen LogP contribution in [0.3, 0.4) is 0 Å². The van der Waals surface area contributed by atoms with Gasteiger partial charge < -0.3 is 4.74 Å². The highest BCUT2D eigenvalue weighted by Crippen LogP contribution is 2.41. The van der Waals surface area contributed by atoms with Crippen molar-refractivity contribution in [3.63, 3.8) is 0 Å². The maximum absolute atomic E-state index is 12.2. The highest BCUT2D eigenvalue weighted by Gasteiger charge is 2.40. The van der Waals surface area contributed by atoms with Gasteiger partial charge in [0.1, 0.15) is 5.75 Å². The van der Waals surface area contributed by atoms with Crippen molar-refractivity contribution in [1.82, 2.24) is 0 Å². The number of unbranched alkanes of at least 4 members (excludes halogenated alkanes) is 2. The summed E-state index contributed by atoms with van der Waals surface area (Å²) in [5.74, 6) is -0.928. The number of alkyl halides is 4. The van der Waals surface area contributed by atoms with Crippen LogP contribution in [0.4, 0.5) is 13.2 Å². The summed E-state index contributed by atoms with van der Waals surface area (Å²) < 4.78 is 40.5. The third-order valence-electron chi connectivity index (χ3n) is 3.84. The molecule has 0 bridgehead atoms. The predicted molar refractivity (Wildman–Crippen MR) is 84.4 cm³/mol. The van der Waals surface area contributed by atoms with Gasteiger partial charge in [0.05, 0.1) is 12.1 Å². The fourth-order valence-corrected chi connectivity index (χ4v) is 2.97. The van der Waals surface area contributed by atoms with Gasteiger partial charge in [-0.2, -0.15) is 10.5 Å². The Kier molecular flexibility index (Phi) is 7.38. The number of hydrogen-bond acceptors (Lipinski definition) is 3. The predicted octanol–water partition coefficient (Wildman–Crippen LogP) is 5.52. The highest BCUT2D eigenvalue weighted by molar-refractivity contribution is 6.18. The van der Waals surface area contributed by atoms with Gasteiger partial charge in [-0.25, -0.2) is 0 Å². The van der Waals surface area contributed by atoms with Gasteiger partial charge in [-0.1, -0.05) is 38.3 Å². The molecule has 24 heavy (non-hydrogen) atoms. The Labute approximate surface area is 144 Å². The Morgan fingerprint density at radius 1 is 1.12 bits per heavy atom. The summed E-state index contributed by atoms with van der Waals surface area (Å²) >= 11 is 5.99. The summed E-state index contributed by atoms with van der Waals surface area (Å²) in [6.45, 7) is 2.01. The molecule has 0 aliphatic carbocycles. The molecular weight excluding hydrogens is 341 g/mol. The molecule has 0 saturated heterocycles. The van der Waals surface area contributed by atoms with Gasteiger partial charge in [0.2, 0.25) is 0 Å². The quantitative estimate of drug-likeness (QED) is 0.454. The third kappa shape index (κ3) is 5.32. The molecule has 3 nitrogen and oxygen atoms in total. The largest absolute Gasteiger partial charge is 0.573 e. The van der Waals surface area contributed by atoms with Crippen molar-refractivity contribution < 1.29 is 17.9 Å². The molecule has 0 heterocycles. The number of rotatable bonds is 8. The van der Waals surface area contributed by atoms with Crippen molar-refractivity contribution in [2.24, 2.45) is 5.41 Å². The average molecular weight is 359 g/mol. The van der Waals surface area contributed by atoms with E-state index in [0.29, 0.717) is 18.4 Å². The lowest BCUT2D eigenvalue weighted by molar-refractivity contribution is -0.274. The van der Waals surface area contributed by atoms with Crippen LogP contribution in [0.2, 0.25) is 0 Å². The van der Waals surface area contributed by atoms with E-state index in [1.165, 1.54) is 12.1 Å². The van der Waals surface area contributed by atoms with Crippen LogP contribution in [-0.4, -0.2) is 12.2 Å². The molecule has 1 unspecified atom stereocenters. The molecule has 1 atom stereocenters. The molecule has 0 aliphatic heterocycles. The molecule has 0 spiro atoms. The Balaban J connectivity index is 3.05. The van der Waals surface area contributed by atoms with Crippen molar-refractivity contribution in [2.75, 3.05) is 5.88 Å². The Morgan fingerprint density at radius 2 is 1.71 bits per heavy atom. The van der Waals surface area contributed by atoms with E-state index in [9.17, 15) is 23.7 Å². The summed E-state index contributed by atoms with van der Waals surface area (Å²) in [6.07, 6.45) is -1.86. The van der Waals surface area contributed by atoms with Gasteiger partial charge in [-0.3, -0.25) is 0 Å². The number of benzene rings is 1. The smallest absolute Gasteiger partial charge is 0.406 e. The first-order valence-corrected chi connectivity index (χ1v) is 8.09. The molecule has 1 aromatic rings. The Morgan fingerprint density at radius 3 is 2.12 bits per heavy atom. The van der Waals surface area contributed by atoms with E-state index in [1.807, 2.05) is 6.92 Å². The second-order valence-electron chi connectivity index (χ2n) is 5.48. The third-order valence-corrected chi connectivity index (χ3v) is 4.15. The minimum absolute atomic E-state index is 0.0206. The number of halogens is 4. The van der Waals surface area contributed by atoms with E-state index in [2.05, 4.69) is 16.9 Å². The monoisotopic (exact) mass is 358 g/mol. The average Bonchev–Trinajstić information content (AvgIpc) is 2.54. The first-order valence-electron chi connectivity index (χ1n) is 7.56. The number of nitrogens with zero attached hydrogens (tertiary/aromatic N) is 2. The molecule has 130 valence electrons. The van der Waals surface area contributed by atoms with Crippen molar-refractivity contribution in [3.05, 3.63) is 29.8 Å². The van der Waals surface area contributed by atoms with Crippen LogP contribution in [0, 0.1) is 28.1 Å². The maximum atomic E-state index is 12.2. The number of hydrogen-bond donors (Lipinski definition) is 0. The summed E-state index contributed by atoms with van der Waals surface area (Å²) in [7, 11) is 0. The van der Waals surface area contributed by atoms with Crippen molar-refractivity contribution in [2.45, 2.75) is 44.9 Å². The maximum Gasteiger partial charge on any atom is 0.573 e. The molecule has 0 amide bonds. The van der Waals surface area contributed by atoms with Crippen molar-refractivity contribution in [1.29, 1.82) is 10.5 Å². The minimum Gasteiger partial charge on any atom is -0.406 e. The molecule has 0 aromatic heterocycles. The van der Waals surface area contributed by atoms with Crippen LogP contribution in [0.1, 0.15) is 44.1 Å². The van der Waals surface area contributed by atoms with E-state index < -0.39 is 17.7 Å². The van der Waals surface area contributed by atoms with Crippen molar-refractivity contribution in [3.8, 4) is 17.9 Å². The topological polar surface area (TPSA) is 56.8 Å². The first kappa shape index (κ1) is 20.1. The minimum atomic E-state index is -4.77. The molecule has 0 N–H and O–H groups in total. The zero-order chi connectivity index (χ0) is 18.2. The summed E-state index contributed by atoms with van der Waals surface area (Å²) in [5.41, 5.74) is -0.761. The molecular formula is C17H18ClF3N2O. The fraction of sp³-hybridized carbons (Fsp3) is 0.529. The first-order chi connectivity index (χ1) is 11.3. The van der Waals surface area contributed by atoms with Gasteiger partial charge in [0.25, 0.3) is 0 Å². The van der Waals surface area contributed by atoms with Gasteiger partial charge in [0.15, 0.2) is 5.41 Å². The molecule has 0 saturated carbocycles. The molecule has 0 radical (unpaired) electrons. The van der Waals surface area contributed by atoms with Gasteiger partial charge in [-0.15, -0.1) is 24.8 Å². The lowest BCUT2D eigenvalue weighted by Crippen LogP contribution is -2.27. The molecule has 0 aliphatic rings. The van der Waals surface area contributed by atoms with Crippen LogP contribution in [0.5, 0.6) is 5.75 Å². The summed E-state index contributed by atoms with van der Waals surface area (Å²) in [5, 5.41) is 19.1. The Hall–Kier alpha value is -1.92. The van der Waals surface area contributed by atoms with E-state index in [1.54, 1.807) is 0 Å². The van der Waals surface area contributed by atoms with Crippen LogP contribution >= 0.6 is 11.6 Å². The van der Waals surface area contributed by atoms with E-state index >= 15 is 0 Å². The fourth-order valence-electron chi connectivity index (χ4n) is 2.53. The van der Waals surface area contributed by atoms with Crippen LogP contribution in [-0.2, 0) is 0 Å². The zero-order valence-corrected chi connectivity index (χ0v) is 14.0. The van der Waals surface area contributed by atoms with Crippen LogP contribution in [0.25, 0.3) is 0 Å². The molecule has 1 aromatic carbocycles. The van der Waals surface area contributed by atoms with E-state index in [4.69, 9.17) is 11.6 Å². The van der Waals surface area contributed by atoms with Gasteiger partial charge >= 0.3 is 6.36 Å². The summed E-state index contributed by atoms with van der Waals surface area (Å²) in [4.78, 5) is 0. The number of ether oxygens (including phenoxy) is 1. The summed E-state index contributed by atoms with van der Waals surface area (Å²) in [6, 6.07) is 9.29. The van der Waals surface area contributed by atoms with Crippen molar-refractivity contribution >= 4 is 11.6 Å². The highest BCUT2D eigenvalue weighted by atomic mass is 35.5. The Bertz CT molecular complexity index is 588. The molecule has 7 heteroatoms. The molecule has 1 rings (SSSR count). The van der Waals surface area contributed by atoms with E-state index in [0.717, 1.165) is 25.0 Å². The molecule has 0 fully saturated rings. The zero-order valence-electron chi connectivity index (χ0n) is 13.2. The van der Waals surface area contributed by atoms with E-state index in [-0.39, 0.29) is 11.6 Å². The lowest BCUT2D eigenvalue weighted by Gasteiger charge is -2.28. The van der Waals surface area contributed by atoms with Crippen LogP contribution in [0.15, 0.2) is 24.3 Å². The second-order valence-corrected chi connectivity index (χ2v) is 5.78.